The minimum atomic E-state index is -1.52. The average Bonchev–Trinajstić information content (AvgIpc) is 3.82. The molecule has 2 amide bonds. The zero-order chi connectivity index (χ0) is 42.5. The Bertz CT molecular complexity index is 2960. The summed E-state index contributed by atoms with van der Waals surface area (Å²) in [7, 11) is 0. The first-order chi connectivity index (χ1) is 29.7. The van der Waals surface area contributed by atoms with Gasteiger partial charge in [0.2, 0.25) is 5.91 Å². The lowest BCUT2D eigenvalue weighted by Gasteiger charge is -2.21. The number of aromatic nitrogens is 3. The standard InChI is InChI=1S/C47H37N5O7.C2H6.H3P/c1-3-28-35-21-52-40(19-33-37(45(52)55)23-58-46(56)43(33)53)42(35)51-39-17-16-38-34(41(28)39)18-26(20-48-38)25-12-14-27(15-13-25)50-44(54)24(2)49-47(57)59-22-36-31-10-6-4-8-29(31)30-9-5-7-11-32(30)36;1-2;/h4-20,24,36,43,53H,3,21-23H2,1-2H3,(H,49,57)(H,50,54);1-2H3;1H3. The van der Waals surface area contributed by atoms with Crippen molar-refractivity contribution in [3.05, 3.63) is 147 Å². The minimum absolute atomic E-state index is 0. The van der Waals surface area contributed by atoms with Gasteiger partial charge in [-0.25, -0.2) is 14.6 Å². The molecule has 314 valence electrons. The van der Waals surface area contributed by atoms with E-state index in [9.17, 15) is 24.3 Å². The van der Waals surface area contributed by atoms with Crippen molar-refractivity contribution in [1.29, 1.82) is 0 Å². The van der Waals surface area contributed by atoms with Gasteiger partial charge in [-0.2, -0.15) is 9.90 Å². The van der Waals surface area contributed by atoms with Crippen molar-refractivity contribution in [1.82, 2.24) is 19.9 Å². The van der Waals surface area contributed by atoms with Gasteiger partial charge in [0, 0.05) is 45.3 Å². The Labute approximate surface area is 361 Å². The maximum atomic E-state index is 13.6. The van der Waals surface area contributed by atoms with Crippen LogP contribution < -0.4 is 16.2 Å². The number of alkyl carbamates (subject to hydrolysis) is 1. The van der Waals surface area contributed by atoms with Crippen LogP contribution in [0.3, 0.4) is 0 Å². The summed E-state index contributed by atoms with van der Waals surface area (Å²) >= 11 is 0. The van der Waals surface area contributed by atoms with Crippen LogP contribution in [0.15, 0.2) is 108 Å². The normalized spacial score (nSPS) is 14.8. The van der Waals surface area contributed by atoms with Crippen LogP contribution in [0.1, 0.15) is 73.1 Å². The van der Waals surface area contributed by atoms with Gasteiger partial charge in [-0.1, -0.05) is 81.4 Å². The number of aliphatic hydroxyl groups excluding tert-OH is 1. The fraction of sp³-hybridized carbons (Fsp3) is 0.224. The number of nitrogens with one attached hydrogen (secondary N) is 2. The maximum Gasteiger partial charge on any atom is 0.407 e. The van der Waals surface area contributed by atoms with Crippen LogP contribution >= 0.6 is 9.90 Å². The van der Waals surface area contributed by atoms with Crippen molar-refractivity contribution >= 4 is 55.4 Å². The van der Waals surface area contributed by atoms with Crippen molar-refractivity contribution in [3.8, 4) is 33.6 Å². The first-order valence-corrected chi connectivity index (χ1v) is 20.6. The van der Waals surface area contributed by atoms with Gasteiger partial charge in [0.1, 0.15) is 19.3 Å². The smallest absolute Gasteiger partial charge is 0.407 e. The lowest BCUT2D eigenvalue weighted by Crippen LogP contribution is -2.42. The van der Waals surface area contributed by atoms with Crippen LogP contribution in [0.2, 0.25) is 0 Å². The Morgan fingerprint density at radius 3 is 2.26 bits per heavy atom. The molecule has 1 aliphatic carbocycles. The van der Waals surface area contributed by atoms with Crippen LogP contribution in [0.4, 0.5) is 10.5 Å². The Morgan fingerprint density at radius 1 is 0.887 bits per heavy atom. The highest BCUT2D eigenvalue weighted by Crippen LogP contribution is 2.45. The van der Waals surface area contributed by atoms with Crippen LogP contribution in [-0.2, 0) is 38.6 Å². The summed E-state index contributed by atoms with van der Waals surface area (Å²) in [5, 5.41) is 17.9. The number of carbonyl (C=O) groups is 3. The highest BCUT2D eigenvalue weighted by molar-refractivity contribution is 6.92. The van der Waals surface area contributed by atoms with E-state index in [1.165, 1.54) is 0 Å². The lowest BCUT2D eigenvalue weighted by molar-refractivity contribution is -0.157. The molecule has 0 fully saturated rings. The van der Waals surface area contributed by atoms with Crippen molar-refractivity contribution in [2.75, 3.05) is 11.9 Å². The predicted octanol–water partition coefficient (Wildman–Crippen LogP) is 8.24. The molecule has 0 saturated carbocycles. The monoisotopic (exact) mass is 847 g/mol. The number of benzene rings is 4. The Kier molecular flexibility index (Phi) is 11.5. The van der Waals surface area contributed by atoms with Gasteiger partial charge in [0.05, 0.1) is 34.5 Å². The summed E-state index contributed by atoms with van der Waals surface area (Å²) < 4.78 is 12.3. The number of rotatable bonds is 7. The van der Waals surface area contributed by atoms with Crippen LogP contribution in [-0.4, -0.2) is 50.3 Å². The van der Waals surface area contributed by atoms with Gasteiger partial charge in [-0.3, -0.25) is 14.6 Å². The second-order valence-corrected chi connectivity index (χ2v) is 15.1. The lowest BCUT2D eigenvalue weighted by atomic mass is 9.94. The predicted molar refractivity (Wildman–Crippen MR) is 244 cm³/mol. The summed E-state index contributed by atoms with van der Waals surface area (Å²) in [6, 6.07) is 30.4. The molecule has 5 heterocycles. The molecule has 7 aromatic rings. The second-order valence-electron chi connectivity index (χ2n) is 15.1. The van der Waals surface area contributed by atoms with Crippen LogP contribution in [0.25, 0.3) is 55.4 Å². The first kappa shape index (κ1) is 42.0. The molecular weight excluding hydrogens is 802 g/mol. The largest absolute Gasteiger partial charge is 0.458 e. The number of fused-ring (bicyclic) bond motifs is 10. The molecule has 3 aliphatic rings. The summed E-state index contributed by atoms with van der Waals surface area (Å²) in [5.41, 5.74) is 11.8. The molecule has 10 rings (SSSR count). The third-order valence-corrected chi connectivity index (χ3v) is 11.8. The van der Waals surface area contributed by atoms with E-state index < -0.39 is 24.2 Å². The molecule has 3 N–H and O–H groups in total. The fourth-order valence-electron chi connectivity index (χ4n) is 8.85. The highest BCUT2D eigenvalue weighted by atomic mass is 31.0. The zero-order valence-electron chi connectivity index (χ0n) is 34.8. The van der Waals surface area contributed by atoms with Crippen LogP contribution in [0, 0.1) is 0 Å². The molecule has 3 atom stereocenters. The first-order valence-electron chi connectivity index (χ1n) is 20.6. The minimum Gasteiger partial charge on any atom is -0.458 e. The van der Waals surface area contributed by atoms with Gasteiger partial charge in [0.15, 0.2) is 6.10 Å². The number of amides is 2. The molecule has 4 aromatic carbocycles. The van der Waals surface area contributed by atoms with Crippen molar-refractivity contribution < 1.29 is 29.0 Å². The molecule has 3 aromatic heterocycles. The SMILES string of the molecule is CC.CCc1c2c(nc3ccc4ncc(-c5ccc(NC(=O)C(C)NC(=O)OCC6c7ccccc7-c7ccccc76)cc5)cc4c13)-c1cc3c(c(=O)n1C2)COC(=O)C3O.P. The van der Waals surface area contributed by atoms with E-state index in [2.05, 4.69) is 47.9 Å². The molecule has 3 unspecified atom stereocenters. The number of pyridine rings is 3. The third-order valence-electron chi connectivity index (χ3n) is 11.8. The number of esters is 1. The summed E-state index contributed by atoms with van der Waals surface area (Å²) in [4.78, 5) is 61.6. The summed E-state index contributed by atoms with van der Waals surface area (Å²) in [6.45, 7) is 7.96. The summed E-state index contributed by atoms with van der Waals surface area (Å²) in [5.74, 6) is -1.25. The van der Waals surface area contributed by atoms with Crippen molar-refractivity contribution in [3.63, 3.8) is 0 Å². The number of aryl methyl sites for hydroxylation is 1. The quantitative estimate of drug-likeness (QED) is 0.0815. The number of hydrogen-bond donors (Lipinski definition) is 3. The Hall–Kier alpha value is -6.75. The van der Waals surface area contributed by atoms with E-state index in [0.29, 0.717) is 30.0 Å². The molecular formula is C49H46N5O7P. The van der Waals surface area contributed by atoms with Gasteiger partial charge in [0.25, 0.3) is 5.56 Å². The van der Waals surface area contributed by atoms with E-state index in [0.717, 1.165) is 66.3 Å². The number of cyclic esters (lactones) is 1. The average molecular weight is 848 g/mol. The number of nitrogens with zero attached hydrogens (tertiary/aromatic N) is 3. The molecule has 0 radical (unpaired) electrons. The maximum absolute atomic E-state index is 13.6. The van der Waals surface area contributed by atoms with E-state index in [-0.39, 0.29) is 51.6 Å². The van der Waals surface area contributed by atoms with Gasteiger partial charge < -0.3 is 29.8 Å². The Balaban J connectivity index is 0.00000174. The number of aliphatic hydroxyl groups is 1. The van der Waals surface area contributed by atoms with E-state index in [1.54, 1.807) is 29.7 Å². The molecule has 0 spiro atoms. The van der Waals surface area contributed by atoms with Gasteiger partial charge in [-0.15, -0.1) is 0 Å². The summed E-state index contributed by atoms with van der Waals surface area (Å²) in [6.07, 6.45) is 0.287. The van der Waals surface area contributed by atoms with Crippen molar-refractivity contribution in [2.24, 2.45) is 0 Å². The number of hydrogen-bond acceptors (Lipinski definition) is 9. The van der Waals surface area contributed by atoms with Gasteiger partial charge in [-0.05, 0) is 83.1 Å². The zero-order valence-corrected chi connectivity index (χ0v) is 36.2. The fourth-order valence-corrected chi connectivity index (χ4v) is 8.85. The number of anilines is 1. The Morgan fingerprint density at radius 2 is 1.56 bits per heavy atom. The van der Waals surface area contributed by atoms with Crippen molar-refractivity contribution in [2.45, 2.75) is 65.3 Å². The van der Waals surface area contributed by atoms with Gasteiger partial charge >= 0.3 is 12.1 Å². The van der Waals surface area contributed by atoms with E-state index in [1.807, 2.05) is 68.6 Å². The second kappa shape index (κ2) is 17.0. The highest BCUT2D eigenvalue weighted by Gasteiger charge is 2.35. The molecule has 12 nitrogen and oxygen atoms in total. The van der Waals surface area contributed by atoms with Crippen LogP contribution in [0.5, 0.6) is 0 Å². The third kappa shape index (κ3) is 7.08. The molecule has 13 heteroatoms. The van der Waals surface area contributed by atoms with E-state index in [4.69, 9.17) is 19.4 Å². The molecule has 62 heavy (non-hydrogen) atoms. The molecule has 2 aliphatic heterocycles. The number of carbonyl (C=O) groups excluding carboxylic acids is 3. The van der Waals surface area contributed by atoms with E-state index >= 15 is 0 Å². The topological polar surface area (TPSA) is 162 Å². The molecule has 0 bridgehead atoms. The number of ether oxygens (including phenoxy) is 2. The molecule has 0 saturated heterocycles.